The molecule has 0 amide bonds. The Kier molecular flexibility index (Phi) is 8.26. The number of nitriles is 1. The Bertz CT molecular complexity index is 1460. The number of carboxylic acid groups (broad SMARTS) is 1. The molecule has 0 aliphatic rings. The lowest BCUT2D eigenvalue weighted by Crippen LogP contribution is -2.21. The van der Waals surface area contributed by atoms with Crippen LogP contribution in [-0.2, 0) is 11.0 Å². The summed E-state index contributed by atoms with van der Waals surface area (Å²) in [5.41, 5.74) is 6.56. The van der Waals surface area contributed by atoms with Crippen LogP contribution in [0.4, 0.5) is 43.1 Å². The Morgan fingerprint density at radius 2 is 1.74 bits per heavy atom. The Labute approximate surface area is 213 Å². The molecule has 1 aromatic carbocycles. The molecule has 3 heterocycles. The highest BCUT2D eigenvalue weighted by molar-refractivity contribution is 7.16. The van der Waals surface area contributed by atoms with Gasteiger partial charge in [-0.1, -0.05) is 23.5 Å². The standard InChI is InChI=1S/C19H15F3N8S.C2HF3O2/c20-19(21,22)12-3-1-11(2-4-12)13-10-30-8-7-26-17(30)16(28-13)25-5-6-27-18-29-15(24)14(9-23)31-18;3-2(4,5)1(6)7/h1-4,7-8,10H,5-6,24H2,(H,25,28)(H,27,29);(H,6,7). The molecule has 5 N–H and O–H groups in total. The lowest BCUT2D eigenvalue weighted by molar-refractivity contribution is -0.192. The van der Waals surface area contributed by atoms with Crippen LogP contribution >= 0.6 is 11.3 Å². The molecule has 10 nitrogen and oxygen atoms in total. The fourth-order valence-corrected chi connectivity index (χ4v) is 3.56. The Morgan fingerprint density at radius 3 is 2.29 bits per heavy atom. The summed E-state index contributed by atoms with van der Waals surface area (Å²) in [5, 5.41) is 22.8. The fraction of sp³-hybridized carbons (Fsp3) is 0.190. The minimum absolute atomic E-state index is 0.188. The summed E-state index contributed by atoms with van der Waals surface area (Å²) in [6.45, 7) is 0.921. The zero-order valence-electron chi connectivity index (χ0n) is 18.8. The van der Waals surface area contributed by atoms with Gasteiger partial charge >= 0.3 is 18.3 Å². The summed E-state index contributed by atoms with van der Waals surface area (Å²) in [6.07, 6.45) is -4.43. The van der Waals surface area contributed by atoms with E-state index in [4.69, 9.17) is 20.9 Å². The van der Waals surface area contributed by atoms with Crippen molar-refractivity contribution in [2.45, 2.75) is 12.4 Å². The summed E-state index contributed by atoms with van der Waals surface area (Å²) in [5.74, 6) is -2.08. The lowest BCUT2D eigenvalue weighted by atomic mass is 10.1. The number of benzene rings is 1. The van der Waals surface area contributed by atoms with Crippen LogP contribution in [0.2, 0.25) is 0 Å². The number of anilines is 3. The molecule has 0 aliphatic heterocycles. The molecular formula is C21H16F6N8O2S. The van der Waals surface area contributed by atoms with Gasteiger partial charge in [-0.2, -0.15) is 31.6 Å². The van der Waals surface area contributed by atoms with E-state index in [1.54, 1.807) is 23.0 Å². The molecule has 3 aromatic heterocycles. The molecule has 38 heavy (non-hydrogen) atoms. The highest BCUT2D eigenvalue weighted by atomic mass is 32.1. The third-order valence-electron chi connectivity index (χ3n) is 4.57. The van der Waals surface area contributed by atoms with Crippen molar-refractivity contribution in [3.05, 3.63) is 53.3 Å². The predicted octanol–water partition coefficient (Wildman–Crippen LogP) is 4.48. The second-order valence-electron chi connectivity index (χ2n) is 7.21. The number of hydrogen-bond donors (Lipinski definition) is 4. The number of fused-ring (bicyclic) bond motifs is 1. The number of nitrogens with two attached hydrogens (primary N) is 1. The van der Waals surface area contributed by atoms with Crippen molar-refractivity contribution in [3.63, 3.8) is 0 Å². The number of hydrogen-bond acceptors (Lipinski definition) is 9. The van der Waals surface area contributed by atoms with E-state index in [2.05, 4.69) is 25.6 Å². The van der Waals surface area contributed by atoms with Crippen molar-refractivity contribution >= 4 is 39.7 Å². The highest BCUT2D eigenvalue weighted by Gasteiger charge is 2.38. The monoisotopic (exact) mass is 558 g/mol. The molecule has 200 valence electrons. The van der Waals surface area contributed by atoms with Crippen LogP contribution in [0.5, 0.6) is 0 Å². The van der Waals surface area contributed by atoms with Crippen molar-refractivity contribution in [2.24, 2.45) is 0 Å². The average Bonchev–Trinajstić information content (AvgIpc) is 3.47. The van der Waals surface area contributed by atoms with Crippen molar-refractivity contribution in [3.8, 4) is 17.3 Å². The van der Waals surface area contributed by atoms with Crippen LogP contribution in [0.25, 0.3) is 16.9 Å². The summed E-state index contributed by atoms with van der Waals surface area (Å²) >= 11 is 1.16. The van der Waals surface area contributed by atoms with Crippen LogP contribution in [0.15, 0.2) is 42.9 Å². The first-order valence-electron chi connectivity index (χ1n) is 10.2. The quantitative estimate of drug-likeness (QED) is 0.198. The molecule has 4 rings (SSSR count). The van der Waals surface area contributed by atoms with E-state index in [0.29, 0.717) is 45.8 Å². The molecule has 4 aromatic rings. The third-order valence-corrected chi connectivity index (χ3v) is 5.51. The van der Waals surface area contributed by atoms with Gasteiger partial charge in [-0.05, 0) is 12.1 Å². The van der Waals surface area contributed by atoms with E-state index in [0.717, 1.165) is 23.5 Å². The van der Waals surface area contributed by atoms with Crippen LogP contribution in [-0.4, -0.2) is 49.7 Å². The van der Waals surface area contributed by atoms with Gasteiger partial charge in [-0.3, -0.25) is 0 Å². The van der Waals surface area contributed by atoms with Gasteiger partial charge in [-0.25, -0.2) is 19.7 Å². The van der Waals surface area contributed by atoms with E-state index < -0.39 is 23.9 Å². The first-order chi connectivity index (χ1) is 17.8. The third kappa shape index (κ3) is 7.00. The Hall–Kier alpha value is -4.59. The first-order valence-corrected chi connectivity index (χ1v) is 11.1. The minimum atomic E-state index is -5.08. The summed E-state index contributed by atoms with van der Waals surface area (Å²) in [6, 6.07) is 6.81. The molecule has 17 heteroatoms. The molecular weight excluding hydrogens is 542 g/mol. The average molecular weight is 558 g/mol. The number of imidazole rings is 1. The number of rotatable bonds is 6. The van der Waals surface area contributed by atoms with Crippen molar-refractivity contribution in [1.82, 2.24) is 19.4 Å². The SMILES string of the molecule is N#Cc1sc(NCCNc2nc(-c3ccc(C(F)(F)F)cc3)cn3ccnc23)nc1N.O=C(O)C(F)(F)F. The molecule has 0 fully saturated rings. The summed E-state index contributed by atoms with van der Waals surface area (Å²) in [4.78, 5) is 22.1. The van der Waals surface area contributed by atoms with Crippen LogP contribution < -0.4 is 16.4 Å². The number of aromatic nitrogens is 4. The molecule has 0 saturated heterocycles. The summed E-state index contributed by atoms with van der Waals surface area (Å²) in [7, 11) is 0. The molecule has 0 radical (unpaired) electrons. The topological polar surface area (TPSA) is 154 Å². The molecule has 0 saturated carbocycles. The molecule has 0 spiro atoms. The maximum Gasteiger partial charge on any atom is 0.490 e. The van der Waals surface area contributed by atoms with Gasteiger partial charge in [0, 0.05) is 37.2 Å². The number of thiazole rings is 1. The maximum atomic E-state index is 12.8. The van der Waals surface area contributed by atoms with Crippen LogP contribution in [0, 0.1) is 11.3 Å². The zero-order valence-corrected chi connectivity index (χ0v) is 19.6. The van der Waals surface area contributed by atoms with E-state index in [9.17, 15) is 26.3 Å². The number of alkyl halides is 6. The second kappa shape index (κ2) is 11.2. The van der Waals surface area contributed by atoms with Crippen LogP contribution in [0.3, 0.4) is 0 Å². The van der Waals surface area contributed by atoms with Gasteiger partial charge in [0.2, 0.25) is 0 Å². The van der Waals surface area contributed by atoms with E-state index in [-0.39, 0.29) is 5.82 Å². The van der Waals surface area contributed by atoms with Gasteiger partial charge in [0.05, 0.1) is 11.3 Å². The maximum absolute atomic E-state index is 12.8. The molecule has 0 bridgehead atoms. The van der Waals surface area contributed by atoms with E-state index >= 15 is 0 Å². The Balaban J connectivity index is 0.000000505. The Morgan fingerprint density at radius 1 is 1.11 bits per heavy atom. The molecule has 0 aliphatic carbocycles. The highest BCUT2D eigenvalue weighted by Crippen LogP contribution is 2.31. The zero-order chi connectivity index (χ0) is 28.1. The fourth-order valence-electron chi connectivity index (χ4n) is 2.86. The van der Waals surface area contributed by atoms with Gasteiger partial charge < -0.3 is 25.9 Å². The number of nitrogen functional groups attached to an aromatic ring is 1. The van der Waals surface area contributed by atoms with Crippen molar-refractivity contribution in [2.75, 3.05) is 29.5 Å². The molecule has 0 unspecified atom stereocenters. The normalized spacial score (nSPS) is 11.4. The van der Waals surface area contributed by atoms with Crippen molar-refractivity contribution < 1.29 is 36.2 Å². The van der Waals surface area contributed by atoms with Gasteiger partial charge in [0.1, 0.15) is 10.9 Å². The van der Waals surface area contributed by atoms with Crippen LogP contribution in [0.1, 0.15) is 10.4 Å². The first kappa shape index (κ1) is 28.0. The number of halogens is 6. The van der Waals surface area contributed by atoms with Gasteiger partial charge in [-0.15, -0.1) is 0 Å². The molecule has 0 atom stereocenters. The predicted molar refractivity (Wildman–Crippen MR) is 125 cm³/mol. The smallest absolute Gasteiger partial charge is 0.475 e. The summed E-state index contributed by atoms with van der Waals surface area (Å²) < 4.78 is 71.9. The second-order valence-corrected chi connectivity index (χ2v) is 8.21. The number of carbonyl (C=O) groups is 1. The van der Waals surface area contributed by atoms with Gasteiger partial charge in [0.25, 0.3) is 0 Å². The van der Waals surface area contributed by atoms with E-state index in [1.165, 1.54) is 12.1 Å². The van der Waals surface area contributed by atoms with E-state index in [1.807, 2.05) is 6.07 Å². The number of carboxylic acids is 1. The minimum Gasteiger partial charge on any atom is -0.475 e. The lowest BCUT2D eigenvalue weighted by Gasteiger charge is -2.11. The number of nitrogens with zero attached hydrogens (tertiary/aromatic N) is 5. The van der Waals surface area contributed by atoms with Gasteiger partial charge in [0.15, 0.2) is 22.4 Å². The van der Waals surface area contributed by atoms with Crippen molar-refractivity contribution in [1.29, 1.82) is 5.26 Å². The number of nitrogens with one attached hydrogen (secondary N) is 2. The number of aliphatic carboxylic acids is 1. The largest absolute Gasteiger partial charge is 0.490 e.